The molecule has 3 unspecified atom stereocenters. The van der Waals surface area contributed by atoms with E-state index in [1.165, 1.54) is 25.9 Å². The van der Waals surface area contributed by atoms with Gasteiger partial charge < -0.3 is 10.6 Å². The third kappa shape index (κ3) is 3.65. The SMILES string of the molecule is CCC(CN)CN(C)CC1CC1C. The van der Waals surface area contributed by atoms with Crippen LogP contribution in [0.4, 0.5) is 0 Å². The van der Waals surface area contributed by atoms with Gasteiger partial charge in [0, 0.05) is 13.1 Å². The summed E-state index contributed by atoms with van der Waals surface area (Å²) < 4.78 is 0. The number of hydrogen-bond donors (Lipinski definition) is 1. The van der Waals surface area contributed by atoms with Gasteiger partial charge in [-0.1, -0.05) is 20.3 Å². The van der Waals surface area contributed by atoms with E-state index in [0.29, 0.717) is 5.92 Å². The largest absolute Gasteiger partial charge is 0.330 e. The molecule has 2 heteroatoms. The van der Waals surface area contributed by atoms with Crippen LogP contribution < -0.4 is 5.73 Å². The smallest absolute Gasteiger partial charge is 0.00187 e. The van der Waals surface area contributed by atoms with E-state index in [0.717, 1.165) is 18.4 Å². The third-order valence-corrected chi connectivity index (χ3v) is 3.30. The van der Waals surface area contributed by atoms with Crippen molar-refractivity contribution in [2.24, 2.45) is 23.5 Å². The van der Waals surface area contributed by atoms with Crippen molar-refractivity contribution in [3.05, 3.63) is 0 Å². The summed E-state index contributed by atoms with van der Waals surface area (Å²) in [6.45, 7) is 7.86. The molecule has 1 fully saturated rings. The quantitative estimate of drug-likeness (QED) is 0.679. The molecule has 0 aromatic rings. The van der Waals surface area contributed by atoms with Gasteiger partial charge in [0.1, 0.15) is 0 Å². The summed E-state index contributed by atoms with van der Waals surface area (Å²) in [5.74, 6) is 2.64. The molecule has 0 aromatic carbocycles. The second kappa shape index (κ2) is 4.97. The molecule has 13 heavy (non-hydrogen) atoms. The molecule has 0 bridgehead atoms. The van der Waals surface area contributed by atoms with Gasteiger partial charge in [-0.15, -0.1) is 0 Å². The first-order valence-electron chi connectivity index (χ1n) is 5.56. The molecule has 78 valence electrons. The van der Waals surface area contributed by atoms with Crippen LogP contribution >= 0.6 is 0 Å². The Bertz CT molecular complexity index is 143. The zero-order chi connectivity index (χ0) is 9.84. The molecule has 0 aliphatic heterocycles. The first-order chi connectivity index (χ1) is 6.17. The highest BCUT2D eigenvalue weighted by Crippen LogP contribution is 2.37. The Kier molecular flexibility index (Phi) is 4.20. The Morgan fingerprint density at radius 3 is 2.54 bits per heavy atom. The van der Waals surface area contributed by atoms with Crippen molar-refractivity contribution < 1.29 is 0 Å². The highest BCUT2D eigenvalue weighted by molar-refractivity contribution is 4.84. The number of hydrogen-bond acceptors (Lipinski definition) is 2. The van der Waals surface area contributed by atoms with Crippen molar-refractivity contribution in [2.75, 3.05) is 26.7 Å². The molecule has 0 saturated heterocycles. The van der Waals surface area contributed by atoms with Crippen molar-refractivity contribution in [3.8, 4) is 0 Å². The van der Waals surface area contributed by atoms with Crippen LogP contribution in [0.5, 0.6) is 0 Å². The Hall–Kier alpha value is -0.0800. The predicted octanol–water partition coefficient (Wildman–Crippen LogP) is 1.56. The number of rotatable bonds is 6. The molecule has 2 N–H and O–H groups in total. The first kappa shape index (κ1) is 11.0. The van der Waals surface area contributed by atoms with E-state index in [-0.39, 0.29) is 0 Å². The highest BCUT2D eigenvalue weighted by atomic mass is 15.1. The van der Waals surface area contributed by atoms with Crippen molar-refractivity contribution in [3.63, 3.8) is 0 Å². The minimum atomic E-state index is 0.694. The maximum atomic E-state index is 5.68. The molecule has 0 heterocycles. The molecule has 0 spiro atoms. The summed E-state index contributed by atoms with van der Waals surface area (Å²) in [5, 5.41) is 0. The molecule has 1 aliphatic rings. The Labute approximate surface area is 82.5 Å². The summed E-state index contributed by atoms with van der Waals surface area (Å²) in [7, 11) is 2.23. The molecule has 0 amide bonds. The zero-order valence-electron chi connectivity index (χ0n) is 9.29. The summed E-state index contributed by atoms with van der Waals surface area (Å²) in [5.41, 5.74) is 5.68. The van der Waals surface area contributed by atoms with Crippen molar-refractivity contribution >= 4 is 0 Å². The molecule has 3 atom stereocenters. The van der Waals surface area contributed by atoms with Crippen molar-refractivity contribution in [2.45, 2.75) is 26.7 Å². The Morgan fingerprint density at radius 1 is 1.54 bits per heavy atom. The van der Waals surface area contributed by atoms with Gasteiger partial charge in [-0.2, -0.15) is 0 Å². The summed E-state index contributed by atoms with van der Waals surface area (Å²) >= 11 is 0. The normalized spacial score (nSPS) is 29.3. The van der Waals surface area contributed by atoms with E-state index in [4.69, 9.17) is 5.73 Å². The average molecular weight is 184 g/mol. The summed E-state index contributed by atoms with van der Waals surface area (Å²) in [4.78, 5) is 2.45. The van der Waals surface area contributed by atoms with Gasteiger partial charge in [0.05, 0.1) is 0 Å². The second-order valence-electron chi connectivity index (χ2n) is 4.70. The Balaban J connectivity index is 2.12. The van der Waals surface area contributed by atoms with Gasteiger partial charge in [0.2, 0.25) is 0 Å². The van der Waals surface area contributed by atoms with Crippen LogP contribution in [0.25, 0.3) is 0 Å². The molecule has 1 saturated carbocycles. The second-order valence-corrected chi connectivity index (χ2v) is 4.70. The summed E-state index contributed by atoms with van der Waals surface area (Å²) in [6.07, 6.45) is 2.64. The topological polar surface area (TPSA) is 29.3 Å². The fourth-order valence-electron chi connectivity index (χ4n) is 1.94. The fourth-order valence-corrected chi connectivity index (χ4v) is 1.94. The van der Waals surface area contributed by atoms with E-state index in [1.54, 1.807) is 0 Å². The van der Waals surface area contributed by atoms with Crippen molar-refractivity contribution in [1.29, 1.82) is 0 Å². The van der Waals surface area contributed by atoms with E-state index >= 15 is 0 Å². The number of nitrogens with zero attached hydrogens (tertiary/aromatic N) is 1. The average Bonchev–Trinajstić information content (AvgIpc) is 2.77. The van der Waals surface area contributed by atoms with Gasteiger partial charge in [-0.25, -0.2) is 0 Å². The minimum absolute atomic E-state index is 0.694. The lowest BCUT2D eigenvalue weighted by molar-refractivity contribution is 0.262. The van der Waals surface area contributed by atoms with Crippen LogP contribution in [0.1, 0.15) is 26.7 Å². The third-order valence-electron chi connectivity index (χ3n) is 3.30. The van der Waals surface area contributed by atoms with E-state index in [1.807, 2.05) is 0 Å². The van der Waals surface area contributed by atoms with E-state index < -0.39 is 0 Å². The lowest BCUT2D eigenvalue weighted by Crippen LogP contribution is -2.31. The lowest BCUT2D eigenvalue weighted by atomic mass is 10.1. The van der Waals surface area contributed by atoms with Gasteiger partial charge >= 0.3 is 0 Å². The summed E-state index contributed by atoms with van der Waals surface area (Å²) in [6, 6.07) is 0. The number of nitrogens with two attached hydrogens (primary N) is 1. The van der Waals surface area contributed by atoms with Crippen LogP contribution in [-0.2, 0) is 0 Å². The van der Waals surface area contributed by atoms with E-state index in [2.05, 4.69) is 25.8 Å². The first-order valence-corrected chi connectivity index (χ1v) is 5.56. The van der Waals surface area contributed by atoms with Gasteiger partial charge in [0.15, 0.2) is 0 Å². The fraction of sp³-hybridized carbons (Fsp3) is 1.00. The maximum Gasteiger partial charge on any atom is 0.00187 e. The molecular formula is C11H24N2. The van der Waals surface area contributed by atoms with Crippen LogP contribution in [0.2, 0.25) is 0 Å². The standard InChI is InChI=1S/C11H24N2/c1-4-10(6-12)7-13(3)8-11-5-9(11)2/h9-11H,4-8,12H2,1-3H3. The lowest BCUT2D eigenvalue weighted by Gasteiger charge is -2.21. The van der Waals surface area contributed by atoms with Crippen molar-refractivity contribution in [1.82, 2.24) is 4.90 Å². The maximum absolute atomic E-state index is 5.68. The van der Waals surface area contributed by atoms with E-state index in [9.17, 15) is 0 Å². The van der Waals surface area contributed by atoms with Crippen LogP contribution in [0, 0.1) is 17.8 Å². The molecule has 1 rings (SSSR count). The Morgan fingerprint density at radius 2 is 2.15 bits per heavy atom. The van der Waals surface area contributed by atoms with Gasteiger partial charge in [-0.3, -0.25) is 0 Å². The molecular weight excluding hydrogens is 160 g/mol. The zero-order valence-corrected chi connectivity index (χ0v) is 9.29. The van der Waals surface area contributed by atoms with Gasteiger partial charge in [0.25, 0.3) is 0 Å². The molecule has 0 radical (unpaired) electrons. The van der Waals surface area contributed by atoms with Crippen LogP contribution in [-0.4, -0.2) is 31.6 Å². The highest BCUT2D eigenvalue weighted by Gasteiger charge is 2.33. The molecule has 0 aromatic heterocycles. The van der Waals surface area contributed by atoms with Gasteiger partial charge in [-0.05, 0) is 37.8 Å². The molecule has 2 nitrogen and oxygen atoms in total. The predicted molar refractivity (Wildman–Crippen MR) is 57.6 cm³/mol. The van der Waals surface area contributed by atoms with Crippen LogP contribution in [0.15, 0.2) is 0 Å². The monoisotopic (exact) mass is 184 g/mol. The minimum Gasteiger partial charge on any atom is -0.330 e. The van der Waals surface area contributed by atoms with Crippen LogP contribution in [0.3, 0.4) is 0 Å². The molecule has 1 aliphatic carbocycles.